The van der Waals surface area contributed by atoms with Crippen LogP contribution in [-0.4, -0.2) is 51.0 Å². The lowest BCUT2D eigenvalue weighted by atomic mass is 10.00. The molecule has 5 N–H and O–H groups in total. The second kappa shape index (κ2) is 7.03. The SMILES string of the molecule is NC(=O)C1NC(c2ccccc2)=C(C(O)(O)[C@@H]2CCCN2C2=CN=CC2)S1. The van der Waals surface area contributed by atoms with Gasteiger partial charge in [0, 0.05) is 31.1 Å². The summed E-state index contributed by atoms with van der Waals surface area (Å²) in [6.45, 7) is 0.744. The highest BCUT2D eigenvalue weighted by molar-refractivity contribution is 8.04. The maximum atomic E-state index is 11.8. The van der Waals surface area contributed by atoms with Crippen LogP contribution >= 0.6 is 11.8 Å². The number of amides is 1. The van der Waals surface area contributed by atoms with Crippen molar-refractivity contribution in [2.24, 2.45) is 10.7 Å². The number of nitrogens with one attached hydrogen (secondary N) is 1. The average Bonchev–Trinajstić information content (AvgIpc) is 3.41. The summed E-state index contributed by atoms with van der Waals surface area (Å²) in [5, 5.41) is 24.8. The van der Waals surface area contributed by atoms with E-state index in [-0.39, 0.29) is 0 Å². The van der Waals surface area contributed by atoms with Gasteiger partial charge in [0.1, 0.15) is 0 Å². The van der Waals surface area contributed by atoms with Crippen molar-refractivity contribution in [1.82, 2.24) is 10.2 Å². The van der Waals surface area contributed by atoms with E-state index in [9.17, 15) is 15.0 Å². The van der Waals surface area contributed by atoms with Gasteiger partial charge >= 0.3 is 0 Å². The number of primary amides is 1. The molecular weight excluding hydrogens is 364 g/mol. The third-order valence-corrected chi connectivity index (χ3v) is 6.44. The summed E-state index contributed by atoms with van der Waals surface area (Å²) in [4.78, 5) is 18.2. The summed E-state index contributed by atoms with van der Waals surface area (Å²) in [5.74, 6) is -2.66. The number of thioether (sulfide) groups is 1. The fraction of sp³-hybridized carbons (Fsp3) is 0.368. The van der Waals surface area contributed by atoms with Crippen LogP contribution in [0.2, 0.25) is 0 Å². The topological polar surface area (TPSA) is 111 Å². The van der Waals surface area contributed by atoms with Gasteiger partial charge in [0.25, 0.3) is 5.91 Å². The molecule has 1 fully saturated rings. The normalized spacial score (nSPS) is 25.1. The first kappa shape index (κ1) is 18.1. The fourth-order valence-electron chi connectivity index (χ4n) is 3.83. The van der Waals surface area contributed by atoms with E-state index in [1.54, 1.807) is 6.20 Å². The van der Waals surface area contributed by atoms with Crippen molar-refractivity contribution < 1.29 is 15.0 Å². The van der Waals surface area contributed by atoms with Crippen LogP contribution in [0.4, 0.5) is 0 Å². The smallest absolute Gasteiger partial charge is 0.250 e. The molecule has 27 heavy (non-hydrogen) atoms. The van der Waals surface area contributed by atoms with Gasteiger partial charge < -0.3 is 26.2 Å². The lowest BCUT2D eigenvalue weighted by molar-refractivity contribution is -0.160. The molecule has 142 valence electrons. The molecule has 1 unspecified atom stereocenters. The van der Waals surface area contributed by atoms with Crippen LogP contribution < -0.4 is 11.1 Å². The number of nitrogens with two attached hydrogens (primary N) is 1. The van der Waals surface area contributed by atoms with E-state index in [0.29, 0.717) is 23.4 Å². The molecule has 0 bridgehead atoms. The molecule has 0 saturated carbocycles. The predicted octanol–water partition coefficient (Wildman–Crippen LogP) is 0.964. The highest BCUT2D eigenvalue weighted by Gasteiger charge is 2.49. The van der Waals surface area contributed by atoms with Gasteiger partial charge in [-0.1, -0.05) is 42.1 Å². The van der Waals surface area contributed by atoms with Crippen LogP contribution in [-0.2, 0) is 4.79 Å². The van der Waals surface area contributed by atoms with E-state index in [1.807, 2.05) is 41.4 Å². The van der Waals surface area contributed by atoms with Crippen LogP contribution in [0.1, 0.15) is 24.8 Å². The molecule has 3 aliphatic heterocycles. The first-order valence-electron chi connectivity index (χ1n) is 8.93. The largest absolute Gasteiger partial charge is 0.367 e. The zero-order chi connectivity index (χ0) is 19.0. The van der Waals surface area contributed by atoms with Crippen molar-refractivity contribution in [1.29, 1.82) is 0 Å². The lowest BCUT2D eigenvalue weighted by Gasteiger charge is -2.37. The van der Waals surface area contributed by atoms with E-state index < -0.39 is 23.1 Å². The Hall–Kier alpha value is -2.29. The first-order chi connectivity index (χ1) is 13.0. The number of carbonyl (C=O) groups is 1. The van der Waals surface area contributed by atoms with Gasteiger partial charge in [0.05, 0.1) is 16.6 Å². The summed E-state index contributed by atoms with van der Waals surface area (Å²) in [6.07, 6.45) is 5.76. The Morgan fingerprint density at radius 2 is 2.11 bits per heavy atom. The molecule has 1 aromatic carbocycles. The molecule has 0 radical (unpaired) electrons. The molecule has 7 nitrogen and oxygen atoms in total. The Morgan fingerprint density at radius 3 is 2.78 bits per heavy atom. The first-order valence-corrected chi connectivity index (χ1v) is 9.81. The van der Waals surface area contributed by atoms with Gasteiger partial charge in [-0.25, -0.2) is 0 Å². The minimum absolute atomic E-state index is 0.328. The van der Waals surface area contributed by atoms with Crippen LogP contribution in [0.15, 0.2) is 52.1 Å². The number of benzene rings is 1. The number of hydrogen-bond donors (Lipinski definition) is 4. The number of carbonyl (C=O) groups excluding carboxylic acids is 1. The quantitative estimate of drug-likeness (QED) is 0.561. The predicted molar refractivity (Wildman–Crippen MR) is 105 cm³/mol. The van der Waals surface area contributed by atoms with Crippen LogP contribution in [0, 0.1) is 0 Å². The molecule has 3 aliphatic rings. The van der Waals surface area contributed by atoms with Crippen LogP contribution in [0.3, 0.4) is 0 Å². The lowest BCUT2D eigenvalue weighted by Crippen LogP contribution is -2.50. The molecular formula is C19H22N4O3S. The minimum Gasteiger partial charge on any atom is -0.367 e. The van der Waals surface area contributed by atoms with Gasteiger partial charge in [0.2, 0.25) is 5.79 Å². The van der Waals surface area contributed by atoms with Gasteiger partial charge in [-0.2, -0.15) is 0 Å². The molecule has 1 amide bonds. The van der Waals surface area contributed by atoms with Gasteiger partial charge in [-0.15, -0.1) is 0 Å². The zero-order valence-corrected chi connectivity index (χ0v) is 15.5. The molecule has 2 atom stereocenters. The summed E-state index contributed by atoms with van der Waals surface area (Å²) in [6, 6.07) is 8.82. The van der Waals surface area contributed by atoms with Crippen molar-refractivity contribution in [3.63, 3.8) is 0 Å². The third-order valence-electron chi connectivity index (χ3n) is 5.11. The summed E-state index contributed by atoms with van der Waals surface area (Å²) < 4.78 is 0. The second-order valence-corrected chi connectivity index (χ2v) is 7.96. The molecule has 0 aromatic heterocycles. The van der Waals surface area contributed by atoms with Crippen LogP contribution in [0.5, 0.6) is 0 Å². The second-order valence-electron chi connectivity index (χ2n) is 6.85. The van der Waals surface area contributed by atoms with Crippen molar-refractivity contribution in [3.8, 4) is 0 Å². The molecule has 4 rings (SSSR count). The van der Waals surface area contributed by atoms with Crippen molar-refractivity contribution in [2.75, 3.05) is 6.54 Å². The maximum absolute atomic E-state index is 11.8. The highest BCUT2D eigenvalue weighted by atomic mass is 32.2. The van der Waals surface area contributed by atoms with E-state index in [4.69, 9.17) is 5.73 Å². The Kier molecular flexibility index (Phi) is 4.71. The molecule has 8 heteroatoms. The van der Waals surface area contributed by atoms with Gasteiger partial charge in [-0.05, 0) is 18.4 Å². The number of allylic oxidation sites excluding steroid dienone is 1. The average molecular weight is 386 g/mol. The third kappa shape index (κ3) is 3.24. The molecule has 0 spiro atoms. The van der Waals surface area contributed by atoms with Crippen LogP contribution in [0.25, 0.3) is 5.70 Å². The molecule has 1 aromatic rings. The van der Waals surface area contributed by atoms with Crippen molar-refractivity contribution >= 4 is 29.6 Å². The van der Waals surface area contributed by atoms with E-state index in [1.165, 1.54) is 0 Å². The Labute approximate surface area is 161 Å². The van der Waals surface area contributed by atoms with E-state index >= 15 is 0 Å². The maximum Gasteiger partial charge on any atom is 0.250 e. The van der Waals surface area contributed by atoms with Gasteiger partial charge in [-0.3, -0.25) is 9.79 Å². The van der Waals surface area contributed by atoms with Crippen molar-refractivity contribution in [3.05, 3.63) is 52.7 Å². The Bertz CT molecular complexity index is 835. The Morgan fingerprint density at radius 1 is 1.33 bits per heavy atom. The zero-order valence-electron chi connectivity index (χ0n) is 14.7. The Balaban J connectivity index is 1.71. The van der Waals surface area contributed by atoms with Crippen molar-refractivity contribution in [2.45, 2.75) is 36.5 Å². The number of aliphatic hydroxyl groups is 2. The minimum atomic E-state index is -2.12. The number of likely N-dealkylation sites (tertiary alicyclic amines) is 1. The molecule has 1 saturated heterocycles. The molecule has 0 aliphatic carbocycles. The number of aliphatic imine (C=N–C) groups is 1. The summed E-state index contributed by atoms with van der Waals surface area (Å²) in [5.41, 5.74) is 7.78. The monoisotopic (exact) mass is 386 g/mol. The fourth-order valence-corrected chi connectivity index (χ4v) is 4.96. The number of rotatable bonds is 5. The highest BCUT2D eigenvalue weighted by Crippen LogP contribution is 2.45. The summed E-state index contributed by atoms with van der Waals surface area (Å²) >= 11 is 1.08. The standard InChI is InChI=1S/C19H22N4O3S/c20-17(24)18-22-15(12-5-2-1-3-6-12)16(27-18)19(25,26)14-7-4-10-23(14)13-8-9-21-11-13/h1-3,5-6,9,11,14,18,22,25-26H,4,7-8,10H2,(H2,20,24)/t14-,18?/m0/s1. The van der Waals surface area contributed by atoms with E-state index in [2.05, 4.69) is 10.3 Å². The molecule has 3 heterocycles. The number of hydrogen-bond acceptors (Lipinski definition) is 7. The number of nitrogens with zero attached hydrogens (tertiary/aromatic N) is 2. The van der Waals surface area contributed by atoms with Gasteiger partial charge in [0.15, 0.2) is 5.37 Å². The van der Waals surface area contributed by atoms with E-state index in [0.717, 1.165) is 36.0 Å². The summed E-state index contributed by atoms with van der Waals surface area (Å²) in [7, 11) is 0.